The zero-order valence-corrected chi connectivity index (χ0v) is 15.5. The van der Waals surface area contributed by atoms with Gasteiger partial charge in [0.05, 0.1) is 26.3 Å². The van der Waals surface area contributed by atoms with E-state index in [4.69, 9.17) is 34.8 Å². The van der Waals surface area contributed by atoms with Crippen LogP contribution in [0.4, 0.5) is 5.13 Å². The highest BCUT2D eigenvalue weighted by atomic mass is 35.5. The van der Waals surface area contributed by atoms with Gasteiger partial charge in [0.15, 0.2) is 5.13 Å². The van der Waals surface area contributed by atoms with Crippen LogP contribution >= 0.6 is 46.1 Å². The van der Waals surface area contributed by atoms with Gasteiger partial charge in [-0.2, -0.15) is 0 Å². The van der Waals surface area contributed by atoms with E-state index in [1.165, 1.54) is 11.3 Å². The van der Waals surface area contributed by atoms with Crippen LogP contribution in [0.1, 0.15) is 15.2 Å². The van der Waals surface area contributed by atoms with Crippen molar-refractivity contribution >= 4 is 57.2 Å². The number of hydrogen-bond donors (Lipinski definition) is 1. The summed E-state index contributed by atoms with van der Waals surface area (Å²) in [6.07, 6.45) is 0. The lowest BCUT2D eigenvalue weighted by Gasteiger charge is -2.03. The van der Waals surface area contributed by atoms with Crippen molar-refractivity contribution in [2.45, 2.75) is 6.92 Å². The minimum absolute atomic E-state index is 0.296. The molecule has 3 rings (SSSR count). The van der Waals surface area contributed by atoms with Crippen molar-refractivity contribution in [3.8, 4) is 11.3 Å². The van der Waals surface area contributed by atoms with E-state index in [2.05, 4.69) is 10.3 Å². The molecule has 0 atom stereocenters. The Labute approximate surface area is 158 Å². The Morgan fingerprint density at radius 3 is 2.50 bits per heavy atom. The fourth-order valence-electron chi connectivity index (χ4n) is 2.17. The molecule has 0 bridgehead atoms. The molecule has 7 heteroatoms. The smallest absolute Gasteiger partial charge is 0.258 e. The average Bonchev–Trinajstić information content (AvgIpc) is 2.91. The molecule has 0 unspecified atom stereocenters. The van der Waals surface area contributed by atoms with E-state index in [1.54, 1.807) is 36.4 Å². The minimum Gasteiger partial charge on any atom is -0.298 e. The molecule has 0 spiro atoms. The van der Waals surface area contributed by atoms with Gasteiger partial charge in [0.25, 0.3) is 5.91 Å². The van der Waals surface area contributed by atoms with Crippen molar-refractivity contribution in [1.82, 2.24) is 4.98 Å². The summed E-state index contributed by atoms with van der Waals surface area (Å²) in [5, 5.41) is 4.62. The predicted octanol–water partition coefficient (Wildman–Crippen LogP) is 6.33. The number of carbonyl (C=O) groups excluding carboxylic acids is 1. The van der Waals surface area contributed by atoms with Gasteiger partial charge < -0.3 is 0 Å². The maximum Gasteiger partial charge on any atom is 0.258 e. The van der Waals surface area contributed by atoms with Gasteiger partial charge in [-0.25, -0.2) is 4.98 Å². The molecule has 0 fully saturated rings. The molecule has 0 radical (unpaired) electrons. The number of thiazole rings is 1. The number of aryl methyl sites for hydroxylation is 1. The van der Waals surface area contributed by atoms with Crippen molar-refractivity contribution < 1.29 is 4.79 Å². The normalized spacial score (nSPS) is 10.7. The molecule has 122 valence electrons. The molecule has 3 nitrogen and oxygen atoms in total. The van der Waals surface area contributed by atoms with Gasteiger partial charge in [-0.3, -0.25) is 10.1 Å². The van der Waals surface area contributed by atoms with Gasteiger partial charge in [-0.1, -0.05) is 53.0 Å². The van der Waals surface area contributed by atoms with Crippen molar-refractivity contribution in [1.29, 1.82) is 0 Å². The Kier molecular flexibility index (Phi) is 5.11. The second kappa shape index (κ2) is 7.11. The number of amides is 1. The Morgan fingerprint density at radius 1 is 1.04 bits per heavy atom. The van der Waals surface area contributed by atoms with Crippen LogP contribution in [0.5, 0.6) is 0 Å². The van der Waals surface area contributed by atoms with E-state index in [1.807, 2.05) is 13.0 Å². The summed E-state index contributed by atoms with van der Waals surface area (Å²) in [4.78, 5) is 17.8. The lowest BCUT2D eigenvalue weighted by molar-refractivity contribution is 0.102. The molecule has 0 aliphatic carbocycles. The standard InChI is InChI=1S/C17H11Cl3N2OS/c1-9-15(10-6-7-13(19)14(20)8-10)21-17(24-9)22-16(23)11-4-2-3-5-12(11)18/h2-8H,1H3,(H,21,22,23). The minimum atomic E-state index is -0.296. The largest absolute Gasteiger partial charge is 0.298 e. The molecule has 1 N–H and O–H groups in total. The molecule has 0 aliphatic heterocycles. The SMILES string of the molecule is Cc1sc(NC(=O)c2ccccc2Cl)nc1-c1ccc(Cl)c(Cl)c1. The second-order valence-electron chi connectivity index (χ2n) is 4.99. The monoisotopic (exact) mass is 396 g/mol. The molecule has 1 heterocycles. The van der Waals surface area contributed by atoms with E-state index in [0.29, 0.717) is 25.8 Å². The first kappa shape index (κ1) is 17.2. The highest BCUT2D eigenvalue weighted by Crippen LogP contribution is 2.34. The molecule has 3 aromatic rings. The first-order valence-corrected chi connectivity index (χ1v) is 8.89. The van der Waals surface area contributed by atoms with E-state index < -0.39 is 0 Å². The number of nitrogens with zero attached hydrogens (tertiary/aromatic N) is 1. The van der Waals surface area contributed by atoms with Crippen molar-refractivity contribution in [3.63, 3.8) is 0 Å². The first-order chi connectivity index (χ1) is 11.5. The van der Waals surface area contributed by atoms with Gasteiger partial charge in [-0.05, 0) is 31.2 Å². The van der Waals surface area contributed by atoms with Crippen molar-refractivity contribution in [2.75, 3.05) is 5.32 Å². The number of carbonyl (C=O) groups is 1. The van der Waals surface area contributed by atoms with Crippen LogP contribution in [-0.4, -0.2) is 10.9 Å². The highest BCUT2D eigenvalue weighted by molar-refractivity contribution is 7.16. The summed E-state index contributed by atoms with van der Waals surface area (Å²) in [5.74, 6) is -0.296. The highest BCUT2D eigenvalue weighted by Gasteiger charge is 2.15. The van der Waals surface area contributed by atoms with Gasteiger partial charge in [0.1, 0.15) is 0 Å². The van der Waals surface area contributed by atoms with E-state index in [-0.39, 0.29) is 5.91 Å². The number of halogens is 3. The lowest BCUT2D eigenvalue weighted by Crippen LogP contribution is -2.12. The Balaban J connectivity index is 1.88. The third-order valence-electron chi connectivity index (χ3n) is 3.33. The predicted molar refractivity (Wildman–Crippen MR) is 102 cm³/mol. The third-order valence-corrected chi connectivity index (χ3v) is 5.28. The van der Waals surface area contributed by atoms with Crippen LogP contribution in [-0.2, 0) is 0 Å². The van der Waals surface area contributed by atoms with Crippen LogP contribution < -0.4 is 5.32 Å². The molecule has 2 aromatic carbocycles. The van der Waals surface area contributed by atoms with Crippen LogP contribution in [0.25, 0.3) is 11.3 Å². The molecule has 1 aromatic heterocycles. The van der Waals surface area contributed by atoms with Crippen molar-refractivity contribution in [2.24, 2.45) is 0 Å². The topological polar surface area (TPSA) is 42.0 Å². The van der Waals surface area contributed by atoms with Crippen molar-refractivity contribution in [3.05, 3.63) is 68.0 Å². The summed E-state index contributed by atoms with van der Waals surface area (Å²) in [6.45, 7) is 1.93. The number of anilines is 1. The summed E-state index contributed by atoms with van der Waals surface area (Å²) in [5.41, 5.74) is 2.01. The fraction of sp³-hybridized carbons (Fsp3) is 0.0588. The number of rotatable bonds is 3. The van der Waals surface area contributed by atoms with Crippen LogP contribution in [0.15, 0.2) is 42.5 Å². The summed E-state index contributed by atoms with van der Waals surface area (Å²) < 4.78 is 0. The Bertz CT molecular complexity index is 924. The van der Waals surface area contributed by atoms with Crippen LogP contribution in [0.2, 0.25) is 15.1 Å². The lowest BCUT2D eigenvalue weighted by atomic mass is 10.1. The maximum atomic E-state index is 12.3. The number of hydrogen-bond acceptors (Lipinski definition) is 3. The van der Waals surface area contributed by atoms with E-state index in [0.717, 1.165) is 16.1 Å². The summed E-state index contributed by atoms with van der Waals surface area (Å²) >= 11 is 19.4. The van der Waals surface area contributed by atoms with Crippen LogP contribution in [0.3, 0.4) is 0 Å². The second-order valence-corrected chi connectivity index (χ2v) is 7.41. The molecule has 0 saturated carbocycles. The Hall–Kier alpha value is -1.59. The number of aromatic nitrogens is 1. The fourth-order valence-corrected chi connectivity index (χ4v) is 3.52. The summed E-state index contributed by atoms with van der Waals surface area (Å²) in [7, 11) is 0. The van der Waals surface area contributed by atoms with E-state index >= 15 is 0 Å². The maximum absolute atomic E-state index is 12.3. The zero-order valence-electron chi connectivity index (χ0n) is 12.4. The number of benzene rings is 2. The molecule has 1 amide bonds. The molecule has 24 heavy (non-hydrogen) atoms. The van der Waals surface area contributed by atoms with Crippen LogP contribution in [0, 0.1) is 6.92 Å². The zero-order chi connectivity index (χ0) is 17.3. The van der Waals surface area contributed by atoms with Gasteiger partial charge in [0, 0.05) is 10.4 Å². The van der Waals surface area contributed by atoms with Gasteiger partial charge >= 0.3 is 0 Å². The Morgan fingerprint density at radius 2 is 1.79 bits per heavy atom. The van der Waals surface area contributed by atoms with Gasteiger partial charge in [0.2, 0.25) is 0 Å². The summed E-state index contributed by atoms with van der Waals surface area (Å²) in [6, 6.07) is 12.2. The average molecular weight is 398 g/mol. The van der Waals surface area contributed by atoms with E-state index in [9.17, 15) is 4.79 Å². The molecule has 0 saturated heterocycles. The molecular formula is C17H11Cl3N2OS. The quantitative estimate of drug-likeness (QED) is 0.561. The third kappa shape index (κ3) is 3.57. The molecular weight excluding hydrogens is 387 g/mol. The number of nitrogens with one attached hydrogen (secondary N) is 1. The molecule has 0 aliphatic rings. The first-order valence-electron chi connectivity index (χ1n) is 6.94. The van der Waals surface area contributed by atoms with Gasteiger partial charge in [-0.15, -0.1) is 11.3 Å².